The van der Waals surface area contributed by atoms with E-state index < -0.39 is 0 Å². The lowest BCUT2D eigenvalue weighted by molar-refractivity contribution is 0.132. The fourth-order valence-electron chi connectivity index (χ4n) is 1.42. The van der Waals surface area contributed by atoms with Gasteiger partial charge in [-0.05, 0) is 35.4 Å². The molecule has 0 bridgehead atoms. The molecule has 0 saturated heterocycles. The highest BCUT2D eigenvalue weighted by molar-refractivity contribution is 9.10. The molecular formula is C14H11BrFNO. The van der Waals surface area contributed by atoms with E-state index in [0.29, 0.717) is 0 Å². The van der Waals surface area contributed by atoms with Gasteiger partial charge in [-0.2, -0.15) is 0 Å². The summed E-state index contributed by atoms with van der Waals surface area (Å²) >= 11 is 3.37. The van der Waals surface area contributed by atoms with Gasteiger partial charge < -0.3 is 4.84 Å². The van der Waals surface area contributed by atoms with Gasteiger partial charge in [-0.25, -0.2) is 4.39 Å². The van der Waals surface area contributed by atoms with Crippen LogP contribution in [0.5, 0.6) is 0 Å². The first-order chi connectivity index (χ1) is 8.74. The van der Waals surface area contributed by atoms with E-state index in [4.69, 9.17) is 4.84 Å². The second-order valence-electron chi connectivity index (χ2n) is 3.69. The quantitative estimate of drug-likeness (QED) is 0.614. The van der Waals surface area contributed by atoms with Crippen molar-refractivity contribution in [3.05, 3.63) is 69.9 Å². The summed E-state index contributed by atoms with van der Waals surface area (Å²) in [6.07, 6.45) is 1.62. The zero-order valence-electron chi connectivity index (χ0n) is 9.51. The second kappa shape index (κ2) is 6.31. The SMILES string of the molecule is Fc1cccc(CON=Cc2cccc(Br)c2)c1. The Kier molecular flexibility index (Phi) is 4.47. The molecule has 0 unspecified atom stereocenters. The number of hydrogen-bond acceptors (Lipinski definition) is 2. The molecule has 0 radical (unpaired) electrons. The van der Waals surface area contributed by atoms with Crippen LogP contribution in [0.15, 0.2) is 58.2 Å². The maximum absolute atomic E-state index is 12.9. The highest BCUT2D eigenvalue weighted by Gasteiger charge is 1.95. The zero-order valence-corrected chi connectivity index (χ0v) is 11.1. The van der Waals surface area contributed by atoms with Gasteiger partial charge in [-0.1, -0.05) is 45.4 Å². The van der Waals surface area contributed by atoms with Crippen molar-refractivity contribution in [2.24, 2.45) is 5.16 Å². The Labute approximate surface area is 113 Å². The van der Waals surface area contributed by atoms with Crippen molar-refractivity contribution in [1.29, 1.82) is 0 Å². The molecule has 92 valence electrons. The summed E-state index contributed by atoms with van der Waals surface area (Å²) in [6.45, 7) is 0.252. The van der Waals surface area contributed by atoms with Gasteiger partial charge in [0.25, 0.3) is 0 Å². The summed E-state index contributed by atoms with van der Waals surface area (Å²) < 4.78 is 13.9. The van der Waals surface area contributed by atoms with E-state index in [1.165, 1.54) is 12.1 Å². The molecule has 2 aromatic rings. The van der Waals surface area contributed by atoms with Gasteiger partial charge >= 0.3 is 0 Å². The molecule has 2 nitrogen and oxygen atoms in total. The Morgan fingerprint density at radius 1 is 1.17 bits per heavy atom. The molecule has 0 atom stereocenters. The summed E-state index contributed by atoms with van der Waals surface area (Å²) in [5.74, 6) is -0.271. The van der Waals surface area contributed by atoms with Crippen LogP contribution in [-0.4, -0.2) is 6.21 Å². The molecule has 0 heterocycles. The van der Waals surface area contributed by atoms with Crippen molar-refractivity contribution in [2.75, 3.05) is 0 Å². The van der Waals surface area contributed by atoms with Crippen LogP contribution in [-0.2, 0) is 11.4 Å². The molecular weight excluding hydrogens is 297 g/mol. The Morgan fingerprint density at radius 3 is 2.78 bits per heavy atom. The van der Waals surface area contributed by atoms with E-state index in [9.17, 15) is 4.39 Å². The van der Waals surface area contributed by atoms with Crippen molar-refractivity contribution in [2.45, 2.75) is 6.61 Å². The van der Waals surface area contributed by atoms with Crippen molar-refractivity contribution in [3.63, 3.8) is 0 Å². The molecule has 4 heteroatoms. The van der Waals surface area contributed by atoms with Gasteiger partial charge in [0.2, 0.25) is 0 Å². The van der Waals surface area contributed by atoms with Gasteiger partial charge in [-0.3, -0.25) is 0 Å². The van der Waals surface area contributed by atoms with Crippen LogP contribution in [0.4, 0.5) is 4.39 Å². The first-order valence-corrected chi connectivity index (χ1v) is 6.19. The average molecular weight is 308 g/mol. The molecule has 0 aliphatic rings. The Morgan fingerprint density at radius 2 is 2.00 bits per heavy atom. The smallest absolute Gasteiger partial charge is 0.142 e. The van der Waals surface area contributed by atoms with Crippen LogP contribution in [0.3, 0.4) is 0 Å². The van der Waals surface area contributed by atoms with E-state index >= 15 is 0 Å². The lowest BCUT2D eigenvalue weighted by atomic mass is 10.2. The molecule has 0 N–H and O–H groups in total. The lowest BCUT2D eigenvalue weighted by Gasteiger charge is -1.99. The van der Waals surface area contributed by atoms with E-state index in [2.05, 4.69) is 21.1 Å². The third kappa shape index (κ3) is 3.96. The monoisotopic (exact) mass is 307 g/mol. The van der Waals surface area contributed by atoms with Crippen molar-refractivity contribution >= 4 is 22.1 Å². The van der Waals surface area contributed by atoms with Crippen LogP contribution in [0, 0.1) is 5.82 Å². The second-order valence-corrected chi connectivity index (χ2v) is 4.61. The number of benzene rings is 2. The normalized spacial score (nSPS) is 10.8. The fourth-order valence-corrected chi connectivity index (χ4v) is 1.84. The fraction of sp³-hybridized carbons (Fsp3) is 0.0714. The summed E-state index contributed by atoms with van der Waals surface area (Å²) in [4.78, 5) is 5.11. The van der Waals surface area contributed by atoms with Crippen molar-refractivity contribution in [3.8, 4) is 0 Å². The first-order valence-electron chi connectivity index (χ1n) is 5.39. The lowest BCUT2D eigenvalue weighted by Crippen LogP contribution is -1.89. The van der Waals surface area contributed by atoms with E-state index in [0.717, 1.165) is 15.6 Å². The highest BCUT2D eigenvalue weighted by Crippen LogP contribution is 2.10. The molecule has 0 amide bonds. The average Bonchev–Trinajstić information content (AvgIpc) is 2.35. The Balaban J connectivity index is 1.89. The van der Waals surface area contributed by atoms with Crippen LogP contribution < -0.4 is 0 Å². The molecule has 0 fully saturated rings. The molecule has 18 heavy (non-hydrogen) atoms. The largest absolute Gasteiger partial charge is 0.391 e. The first kappa shape index (κ1) is 12.8. The van der Waals surface area contributed by atoms with Gasteiger partial charge in [0.15, 0.2) is 0 Å². The third-order valence-corrected chi connectivity index (χ3v) is 2.74. The summed E-state index contributed by atoms with van der Waals surface area (Å²) in [6, 6.07) is 13.9. The highest BCUT2D eigenvalue weighted by atomic mass is 79.9. The predicted molar refractivity (Wildman–Crippen MR) is 72.9 cm³/mol. The number of rotatable bonds is 4. The minimum Gasteiger partial charge on any atom is -0.391 e. The predicted octanol–water partition coefficient (Wildman–Crippen LogP) is 4.14. The van der Waals surface area contributed by atoms with Crippen LogP contribution >= 0.6 is 15.9 Å². The van der Waals surface area contributed by atoms with Crippen LogP contribution in [0.25, 0.3) is 0 Å². The topological polar surface area (TPSA) is 21.6 Å². The number of hydrogen-bond donors (Lipinski definition) is 0. The third-order valence-electron chi connectivity index (χ3n) is 2.25. The van der Waals surface area contributed by atoms with Crippen LogP contribution in [0.1, 0.15) is 11.1 Å². The van der Waals surface area contributed by atoms with Gasteiger partial charge in [-0.15, -0.1) is 0 Å². The molecule has 0 saturated carbocycles. The molecule has 0 aromatic heterocycles. The molecule has 0 spiro atoms. The van der Waals surface area contributed by atoms with Gasteiger partial charge in [0, 0.05) is 4.47 Å². The maximum Gasteiger partial charge on any atom is 0.142 e. The Bertz CT molecular complexity index is 557. The Hall–Kier alpha value is -1.68. The maximum atomic E-state index is 12.9. The minimum atomic E-state index is -0.271. The summed E-state index contributed by atoms with van der Waals surface area (Å²) in [5.41, 5.74) is 1.69. The number of nitrogens with zero attached hydrogens (tertiary/aromatic N) is 1. The number of halogens is 2. The minimum absolute atomic E-state index is 0.252. The van der Waals surface area contributed by atoms with Crippen LogP contribution in [0.2, 0.25) is 0 Å². The standard InChI is InChI=1S/C14H11BrFNO/c15-13-5-1-3-11(7-13)9-17-18-10-12-4-2-6-14(16)8-12/h1-9H,10H2. The van der Waals surface area contributed by atoms with E-state index in [-0.39, 0.29) is 12.4 Å². The van der Waals surface area contributed by atoms with E-state index in [1.54, 1.807) is 18.3 Å². The molecule has 0 aliphatic heterocycles. The van der Waals surface area contributed by atoms with Gasteiger partial charge in [0.1, 0.15) is 12.4 Å². The molecule has 2 rings (SSSR count). The molecule has 0 aliphatic carbocycles. The molecule has 2 aromatic carbocycles. The van der Waals surface area contributed by atoms with E-state index in [1.807, 2.05) is 24.3 Å². The van der Waals surface area contributed by atoms with Gasteiger partial charge in [0.05, 0.1) is 6.21 Å². The van der Waals surface area contributed by atoms with Crippen molar-refractivity contribution in [1.82, 2.24) is 0 Å². The summed E-state index contributed by atoms with van der Waals surface area (Å²) in [7, 11) is 0. The summed E-state index contributed by atoms with van der Waals surface area (Å²) in [5, 5.41) is 3.84. The number of oxime groups is 1. The van der Waals surface area contributed by atoms with Crippen molar-refractivity contribution < 1.29 is 9.23 Å². The zero-order chi connectivity index (χ0) is 12.8.